The van der Waals surface area contributed by atoms with Gasteiger partial charge >= 0.3 is 5.97 Å². The van der Waals surface area contributed by atoms with Crippen LogP contribution in [0.3, 0.4) is 0 Å². The second-order valence-electron chi connectivity index (χ2n) is 4.81. The van der Waals surface area contributed by atoms with Gasteiger partial charge in [-0.3, -0.25) is 8.61 Å². The van der Waals surface area contributed by atoms with Gasteiger partial charge in [0, 0.05) is 34.5 Å². The predicted molar refractivity (Wildman–Crippen MR) is 76.7 cm³/mol. The third kappa shape index (κ3) is 2.40. The zero-order chi connectivity index (χ0) is 14.1. The molecule has 1 fully saturated rings. The SMILES string of the molecule is O=C(O)c1c(NC2CCS(=O)CC2)nc2ccccn12. The molecule has 3 rings (SSSR count). The summed E-state index contributed by atoms with van der Waals surface area (Å²) in [6.07, 6.45) is 3.24. The number of carbonyl (C=O) groups is 1. The van der Waals surface area contributed by atoms with E-state index in [2.05, 4.69) is 10.3 Å². The fourth-order valence-corrected chi connectivity index (χ4v) is 3.73. The Balaban J connectivity index is 1.92. The van der Waals surface area contributed by atoms with Crippen LogP contribution < -0.4 is 5.32 Å². The number of pyridine rings is 1. The summed E-state index contributed by atoms with van der Waals surface area (Å²) in [4.78, 5) is 15.8. The Morgan fingerprint density at radius 1 is 1.40 bits per heavy atom. The molecule has 6 nitrogen and oxygen atoms in total. The Hall–Kier alpha value is -1.89. The lowest BCUT2D eigenvalue weighted by atomic mass is 10.1. The van der Waals surface area contributed by atoms with Gasteiger partial charge < -0.3 is 10.4 Å². The lowest BCUT2D eigenvalue weighted by Crippen LogP contribution is -2.30. The number of imidazole rings is 1. The number of nitrogens with zero attached hydrogens (tertiary/aromatic N) is 2. The summed E-state index contributed by atoms with van der Waals surface area (Å²) in [6, 6.07) is 5.50. The largest absolute Gasteiger partial charge is 0.476 e. The average Bonchev–Trinajstić information content (AvgIpc) is 2.79. The molecule has 0 unspecified atom stereocenters. The Bertz CT molecular complexity index is 673. The Morgan fingerprint density at radius 3 is 2.85 bits per heavy atom. The Kier molecular flexibility index (Phi) is 3.43. The fourth-order valence-electron chi connectivity index (χ4n) is 2.43. The minimum atomic E-state index is -1.01. The third-order valence-corrected chi connectivity index (χ3v) is 4.84. The molecule has 3 heterocycles. The minimum absolute atomic E-state index is 0.135. The van der Waals surface area contributed by atoms with Crippen LogP contribution in [-0.2, 0) is 10.8 Å². The number of anilines is 1. The summed E-state index contributed by atoms with van der Waals surface area (Å²) in [5.41, 5.74) is 0.749. The van der Waals surface area contributed by atoms with E-state index in [0.29, 0.717) is 23.0 Å². The van der Waals surface area contributed by atoms with E-state index in [1.54, 1.807) is 22.7 Å². The van der Waals surface area contributed by atoms with Crippen molar-refractivity contribution >= 4 is 28.2 Å². The summed E-state index contributed by atoms with van der Waals surface area (Å²) < 4.78 is 12.9. The summed E-state index contributed by atoms with van der Waals surface area (Å²) in [5, 5.41) is 12.6. The molecular formula is C13H15N3O3S. The summed E-state index contributed by atoms with van der Waals surface area (Å²) in [6.45, 7) is 0. The monoisotopic (exact) mass is 293 g/mol. The molecule has 1 aliphatic rings. The molecule has 0 bridgehead atoms. The molecule has 2 aromatic rings. The fraction of sp³-hybridized carbons (Fsp3) is 0.385. The zero-order valence-electron chi connectivity index (χ0n) is 10.8. The summed E-state index contributed by atoms with van der Waals surface area (Å²) in [7, 11) is -0.730. The van der Waals surface area contributed by atoms with Crippen LogP contribution in [0.2, 0.25) is 0 Å². The number of rotatable bonds is 3. The van der Waals surface area contributed by atoms with Gasteiger partial charge in [-0.25, -0.2) is 9.78 Å². The summed E-state index contributed by atoms with van der Waals surface area (Å²) >= 11 is 0. The first-order valence-corrected chi connectivity index (χ1v) is 7.96. The van der Waals surface area contributed by atoms with Gasteiger partial charge in [0.2, 0.25) is 0 Å². The van der Waals surface area contributed by atoms with Crippen molar-refractivity contribution in [1.29, 1.82) is 0 Å². The molecule has 1 saturated heterocycles. The topological polar surface area (TPSA) is 83.7 Å². The van der Waals surface area contributed by atoms with E-state index in [4.69, 9.17) is 0 Å². The van der Waals surface area contributed by atoms with Crippen LogP contribution in [0.5, 0.6) is 0 Å². The number of carboxylic acid groups (broad SMARTS) is 1. The van der Waals surface area contributed by atoms with E-state index >= 15 is 0 Å². The summed E-state index contributed by atoms with van der Waals surface area (Å²) in [5.74, 6) is 0.702. The van der Waals surface area contributed by atoms with Crippen LogP contribution in [0.15, 0.2) is 24.4 Å². The molecule has 2 aromatic heterocycles. The van der Waals surface area contributed by atoms with Crippen molar-refractivity contribution < 1.29 is 14.1 Å². The van der Waals surface area contributed by atoms with Crippen molar-refractivity contribution in [2.24, 2.45) is 0 Å². The third-order valence-electron chi connectivity index (χ3n) is 3.46. The number of nitrogens with one attached hydrogen (secondary N) is 1. The van der Waals surface area contributed by atoms with Gasteiger partial charge in [-0.15, -0.1) is 0 Å². The molecule has 20 heavy (non-hydrogen) atoms. The van der Waals surface area contributed by atoms with Crippen molar-refractivity contribution in [3.05, 3.63) is 30.1 Å². The number of carboxylic acids is 1. The molecule has 0 saturated carbocycles. The van der Waals surface area contributed by atoms with Crippen LogP contribution in [-0.4, -0.2) is 42.2 Å². The van der Waals surface area contributed by atoms with Crippen LogP contribution in [0.1, 0.15) is 23.3 Å². The van der Waals surface area contributed by atoms with E-state index in [1.165, 1.54) is 0 Å². The second kappa shape index (κ2) is 5.24. The number of hydrogen-bond donors (Lipinski definition) is 2. The molecule has 0 radical (unpaired) electrons. The van der Waals surface area contributed by atoms with Gasteiger partial charge in [-0.05, 0) is 25.0 Å². The van der Waals surface area contributed by atoms with E-state index in [0.717, 1.165) is 12.8 Å². The average molecular weight is 293 g/mol. The highest BCUT2D eigenvalue weighted by Gasteiger charge is 2.23. The molecule has 0 spiro atoms. The molecule has 0 aromatic carbocycles. The number of aromatic carboxylic acids is 1. The molecule has 106 valence electrons. The van der Waals surface area contributed by atoms with Crippen LogP contribution >= 0.6 is 0 Å². The highest BCUT2D eigenvalue weighted by Crippen LogP contribution is 2.21. The number of aromatic nitrogens is 2. The molecule has 2 N–H and O–H groups in total. The van der Waals surface area contributed by atoms with E-state index in [9.17, 15) is 14.1 Å². The van der Waals surface area contributed by atoms with Gasteiger partial charge in [-0.2, -0.15) is 0 Å². The second-order valence-corrected chi connectivity index (χ2v) is 6.51. The van der Waals surface area contributed by atoms with Crippen molar-refractivity contribution in [3.63, 3.8) is 0 Å². The van der Waals surface area contributed by atoms with E-state index in [1.807, 2.05) is 6.07 Å². The minimum Gasteiger partial charge on any atom is -0.476 e. The standard InChI is InChI=1S/C13H15N3O3S/c17-13(18)11-12(14-9-4-7-20(19)8-5-9)15-10-3-1-2-6-16(10)11/h1-3,6,9,14H,4-5,7-8H2,(H,17,18). The maximum Gasteiger partial charge on any atom is 0.356 e. The van der Waals surface area contributed by atoms with Crippen molar-refractivity contribution in [2.75, 3.05) is 16.8 Å². The zero-order valence-corrected chi connectivity index (χ0v) is 11.6. The first-order valence-electron chi connectivity index (χ1n) is 6.47. The van der Waals surface area contributed by atoms with Crippen LogP contribution in [0.4, 0.5) is 5.82 Å². The molecule has 0 amide bonds. The number of hydrogen-bond acceptors (Lipinski definition) is 4. The van der Waals surface area contributed by atoms with Gasteiger partial charge in [0.25, 0.3) is 0 Å². The lowest BCUT2D eigenvalue weighted by molar-refractivity contribution is 0.0690. The molecule has 1 aliphatic heterocycles. The van der Waals surface area contributed by atoms with Gasteiger partial charge in [0.1, 0.15) is 5.65 Å². The first kappa shape index (κ1) is 13.1. The molecule has 0 aliphatic carbocycles. The highest BCUT2D eigenvalue weighted by molar-refractivity contribution is 7.85. The molecule has 0 atom stereocenters. The Labute approximate surface area is 118 Å². The predicted octanol–water partition coefficient (Wildman–Crippen LogP) is 1.36. The van der Waals surface area contributed by atoms with Gasteiger partial charge in [0.15, 0.2) is 11.5 Å². The van der Waals surface area contributed by atoms with E-state index < -0.39 is 16.8 Å². The normalized spacial score (nSPS) is 22.8. The Morgan fingerprint density at radius 2 is 2.15 bits per heavy atom. The van der Waals surface area contributed by atoms with E-state index in [-0.39, 0.29) is 11.7 Å². The maximum absolute atomic E-state index is 11.4. The molecule has 7 heteroatoms. The van der Waals surface area contributed by atoms with Gasteiger partial charge in [0.05, 0.1) is 0 Å². The number of fused-ring (bicyclic) bond motifs is 1. The quantitative estimate of drug-likeness (QED) is 0.892. The lowest BCUT2D eigenvalue weighted by Gasteiger charge is -2.22. The van der Waals surface area contributed by atoms with Crippen molar-refractivity contribution in [2.45, 2.75) is 18.9 Å². The maximum atomic E-state index is 11.4. The molecular weight excluding hydrogens is 278 g/mol. The smallest absolute Gasteiger partial charge is 0.356 e. The van der Waals surface area contributed by atoms with Crippen LogP contribution in [0, 0.1) is 0 Å². The highest BCUT2D eigenvalue weighted by atomic mass is 32.2. The van der Waals surface area contributed by atoms with Crippen molar-refractivity contribution in [3.8, 4) is 0 Å². The first-order chi connectivity index (χ1) is 9.65. The van der Waals surface area contributed by atoms with Crippen LogP contribution in [0.25, 0.3) is 5.65 Å². The van der Waals surface area contributed by atoms with Gasteiger partial charge in [-0.1, -0.05) is 6.07 Å². The van der Waals surface area contributed by atoms with Crippen molar-refractivity contribution in [1.82, 2.24) is 9.38 Å².